The largest absolute Gasteiger partial charge is 0.506 e. The molecule has 1 aliphatic carbocycles. The van der Waals surface area contributed by atoms with Crippen LogP contribution in [0.15, 0.2) is 27.5 Å². The molecule has 20 heavy (non-hydrogen) atoms. The molecular weight excluding hydrogens is 278 g/mol. The molecule has 1 saturated carbocycles. The van der Waals surface area contributed by atoms with Crippen molar-refractivity contribution in [3.05, 3.63) is 33.6 Å². The minimum Gasteiger partial charge on any atom is -0.506 e. The molecule has 0 atom stereocenters. The first kappa shape index (κ1) is 14.6. The Labute approximate surface area is 120 Å². The Morgan fingerprint density at radius 1 is 1.20 bits per heavy atom. The summed E-state index contributed by atoms with van der Waals surface area (Å²) < 4.78 is 1.38. The van der Waals surface area contributed by atoms with Crippen LogP contribution in [0.2, 0.25) is 0 Å². The van der Waals surface area contributed by atoms with E-state index in [9.17, 15) is 19.5 Å². The lowest BCUT2D eigenvalue weighted by molar-refractivity contribution is -0.123. The summed E-state index contributed by atoms with van der Waals surface area (Å²) in [6, 6.07) is 3.13. The fraction of sp³-hybridized carbons (Fsp3) is 0.357. The molecule has 1 fully saturated rings. The van der Waals surface area contributed by atoms with E-state index in [0.29, 0.717) is 6.42 Å². The number of Topliss-reactive ketones (excluding diaryl/α,β-unsaturated/α-hetero) is 2. The molecule has 0 spiro atoms. The van der Waals surface area contributed by atoms with E-state index in [1.807, 2.05) is 6.26 Å². The number of carbonyl (C=O) groups is 2. The summed E-state index contributed by atoms with van der Waals surface area (Å²) in [6.07, 6.45) is 2.79. The van der Waals surface area contributed by atoms with Crippen LogP contribution in [0.25, 0.3) is 5.76 Å². The maximum atomic E-state index is 12.2. The first-order valence-corrected chi connectivity index (χ1v) is 7.44. The number of rotatable bonds is 2. The van der Waals surface area contributed by atoms with Gasteiger partial charge in [0.2, 0.25) is 0 Å². The van der Waals surface area contributed by atoms with Crippen LogP contribution < -0.4 is 5.56 Å². The minimum absolute atomic E-state index is 0.0103. The summed E-state index contributed by atoms with van der Waals surface area (Å²) in [5.41, 5.74) is -0.665. The Balaban J connectivity index is 2.61. The van der Waals surface area contributed by atoms with E-state index < -0.39 is 22.9 Å². The van der Waals surface area contributed by atoms with Gasteiger partial charge < -0.3 is 9.67 Å². The number of hydrogen-bond acceptors (Lipinski definition) is 5. The van der Waals surface area contributed by atoms with Crippen LogP contribution in [0.4, 0.5) is 0 Å². The number of ketones is 2. The highest BCUT2D eigenvalue weighted by Crippen LogP contribution is 2.24. The van der Waals surface area contributed by atoms with Crippen molar-refractivity contribution in [3.63, 3.8) is 0 Å². The van der Waals surface area contributed by atoms with E-state index in [1.165, 1.54) is 22.4 Å². The molecule has 0 aliphatic heterocycles. The van der Waals surface area contributed by atoms with Gasteiger partial charge in [-0.05, 0) is 24.8 Å². The molecule has 1 aromatic heterocycles. The molecule has 1 N–H and O–H groups in total. The zero-order valence-electron chi connectivity index (χ0n) is 11.3. The van der Waals surface area contributed by atoms with Gasteiger partial charge in [0, 0.05) is 19.9 Å². The van der Waals surface area contributed by atoms with Crippen LogP contribution in [0.1, 0.15) is 24.8 Å². The summed E-state index contributed by atoms with van der Waals surface area (Å²) in [7, 11) is 1.58. The molecule has 0 amide bonds. The number of nitrogens with zero attached hydrogens (tertiary/aromatic N) is 1. The Morgan fingerprint density at radius 2 is 1.80 bits per heavy atom. The Bertz CT molecular complexity index is 654. The molecule has 0 unspecified atom stereocenters. The van der Waals surface area contributed by atoms with Crippen molar-refractivity contribution in [3.8, 4) is 0 Å². The number of aromatic nitrogens is 1. The van der Waals surface area contributed by atoms with Gasteiger partial charge in [0.1, 0.15) is 11.3 Å². The molecule has 1 aromatic rings. The number of carbonyl (C=O) groups excluding carboxylic acids is 2. The SMILES string of the molecule is CSc1ccc(C(O)=C2C(=O)CCCC2=O)c(=O)n1C. The van der Waals surface area contributed by atoms with E-state index >= 15 is 0 Å². The third-order valence-corrected chi connectivity index (χ3v) is 4.15. The first-order valence-electron chi connectivity index (χ1n) is 6.21. The minimum atomic E-state index is -0.493. The van der Waals surface area contributed by atoms with Crippen LogP contribution in [0, 0.1) is 0 Å². The van der Waals surface area contributed by atoms with Gasteiger partial charge in [-0.1, -0.05) is 0 Å². The summed E-state index contributed by atoms with van der Waals surface area (Å²) >= 11 is 1.40. The monoisotopic (exact) mass is 293 g/mol. The van der Waals surface area contributed by atoms with Gasteiger partial charge in [-0.25, -0.2) is 0 Å². The number of thioether (sulfide) groups is 1. The number of aliphatic hydroxyl groups is 1. The smallest absolute Gasteiger partial charge is 0.262 e. The van der Waals surface area contributed by atoms with Gasteiger partial charge in [-0.15, -0.1) is 11.8 Å². The zero-order valence-corrected chi connectivity index (χ0v) is 12.1. The zero-order chi connectivity index (χ0) is 14.9. The Hall–Kier alpha value is -1.82. The molecule has 1 heterocycles. The molecule has 0 radical (unpaired) electrons. The normalized spacial score (nSPS) is 15.6. The van der Waals surface area contributed by atoms with Crippen molar-refractivity contribution in [2.75, 3.05) is 6.26 Å². The molecule has 5 nitrogen and oxygen atoms in total. The fourth-order valence-corrected chi connectivity index (χ4v) is 2.78. The van der Waals surface area contributed by atoms with Crippen molar-refractivity contribution in [1.29, 1.82) is 0 Å². The molecule has 0 bridgehead atoms. The van der Waals surface area contributed by atoms with Crippen LogP contribution in [0.5, 0.6) is 0 Å². The average Bonchev–Trinajstić information content (AvgIpc) is 2.41. The van der Waals surface area contributed by atoms with Gasteiger partial charge in [0.25, 0.3) is 5.56 Å². The number of pyridine rings is 1. The average molecular weight is 293 g/mol. The second kappa shape index (κ2) is 5.66. The van der Waals surface area contributed by atoms with Crippen LogP contribution in [-0.2, 0) is 16.6 Å². The van der Waals surface area contributed by atoms with Gasteiger partial charge in [-0.2, -0.15) is 0 Å². The molecular formula is C14H15NO4S. The highest BCUT2D eigenvalue weighted by molar-refractivity contribution is 7.98. The second-order valence-corrected chi connectivity index (χ2v) is 5.40. The summed E-state index contributed by atoms with van der Waals surface area (Å²) in [4.78, 5) is 35.8. The highest BCUT2D eigenvalue weighted by Gasteiger charge is 2.28. The lowest BCUT2D eigenvalue weighted by Gasteiger charge is -2.14. The number of hydrogen-bond donors (Lipinski definition) is 1. The van der Waals surface area contributed by atoms with Crippen molar-refractivity contribution >= 4 is 29.1 Å². The maximum Gasteiger partial charge on any atom is 0.262 e. The Morgan fingerprint density at radius 3 is 2.35 bits per heavy atom. The van der Waals surface area contributed by atoms with E-state index in [0.717, 1.165) is 5.03 Å². The second-order valence-electron chi connectivity index (χ2n) is 4.58. The molecule has 106 valence electrons. The van der Waals surface area contributed by atoms with Gasteiger partial charge >= 0.3 is 0 Å². The van der Waals surface area contributed by atoms with Crippen molar-refractivity contribution < 1.29 is 14.7 Å². The summed E-state index contributed by atoms with van der Waals surface area (Å²) in [5.74, 6) is -1.28. The maximum absolute atomic E-state index is 12.2. The number of aliphatic hydroxyl groups excluding tert-OH is 1. The topological polar surface area (TPSA) is 76.4 Å². The predicted molar refractivity (Wildman–Crippen MR) is 76.9 cm³/mol. The van der Waals surface area contributed by atoms with E-state index in [1.54, 1.807) is 13.1 Å². The quantitative estimate of drug-likeness (QED) is 0.389. The predicted octanol–water partition coefficient (Wildman–Crippen LogP) is 1.70. The molecule has 2 rings (SSSR count). The third-order valence-electron chi connectivity index (χ3n) is 3.32. The van der Waals surface area contributed by atoms with E-state index in [-0.39, 0.29) is 24.0 Å². The molecule has 6 heteroatoms. The van der Waals surface area contributed by atoms with Gasteiger partial charge in [-0.3, -0.25) is 14.4 Å². The van der Waals surface area contributed by atoms with Crippen LogP contribution in [0.3, 0.4) is 0 Å². The van der Waals surface area contributed by atoms with Gasteiger partial charge in [0.05, 0.1) is 10.6 Å². The summed E-state index contributed by atoms with van der Waals surface area (Å²) in [5, 5.41) is 10.9. The van der Waals surface area contributed by atoms with Crippen LogP contribution >= 0.6 is 11.8 Å². The van der Waals surface area contributed by atoms with E-state index in [2.05, 4.69) is 0 Å². The van der Waals surface area contributed by atoms with Crippen molar-refractivity contribution in [2.24, 2.45) is 7.05 Å². The Kier molecular flexibility index (Phi) is 4.13. The molecule has 0 saturated heterocycles. The van der Waals surface area contributed by atoms with Crippen molar-refractivity contribution in [2.45, 2.75) is 24.3 Å². The van der Waals surface area contributed by atoms with Crippen molar-refractivity contribution in [1.82, 2.24) is 4.57 Å². The number of allylic oxidation sites excluding steroid dienone is 1. The first-order chi connectivity index (χ1) is 9.47. The molecule has 0 aromatic carbocycles. The van der Waals surface area contributed by atoms with Gasteiger partial charge in [0.15, 0.2) is 11.6 Å². The fourth-order valence-electron chi connectivity index (χ4n) is 2.22. The standard InChI is InChI=1S/C14H15NO4S/c1-15-11(20-2)7-6-8(14(15)19)13(18)12-9(16)4-3-5-10(12)17/h6-7,18H,3-5H2,1-2H3. The highest BCUT2D eigenvalue weighted by atomic mass is 32.2. The lowest BCUT2D eigenvalue weighted by atomic mass is 9.90. The third kappa shape index (κ3) is 2.43. The molecule has 1 aliphatic rings. The van der Waals surface area contributed by atoms with Crippen LogP contribution in [-0.4, -0.2) is 27.5 Å². The summed E-state index contributed by atoms with van der Waals surface area (Å²) in [6.45, 7) is 0. The van der Waals surface area contributed by atoms with E-state index in [4.69, 9.17) is 0 Å². The lowest BCUT2D eigenvalue weighted by Crippen LogP contribution is -2.25.